The molecular weight excluding hydrogens is 713 g/mol. The van der Waals surface area contributed by atoms with Gasteiger partial charge in [-0.05, 0) is 89.8 Å². The van der Waals surface area contributed by atoms with E-state index in [4.69, 9.17) is 9.47 Å². The summed E-state index contributed by atoms with van der Waals surface area (Å²) in [6.07, 6.45) is 40.2. The number of rotatable bonds is 46. The van der Waals surface area contributed by atoms with E-state index in [1.54, 1.807) is 0 Å². The highest BCUT2D eigenvalue weighted by Crippen LogP contribution is 2.21. The van der Waals surface area contributed by atoms with Crippen LogP contribution in [0.3, 0.4) is 0 Å². The molecule has 0 spiro atoms. The lowest BCUT2D eigenvalue weighted by molar-refractivity contribution is -0.150. The van der Waals surface area contributed by atoms with Gasteiger partial charge >= 0.3 is 11.9 Å². The molecule has 0 rings (SSSR count). The van der Waals surface area contributed by atoms with E-state index in [2.05, 4.69) is 44.2 Å². The Morgan fingerprint density at radius 1 is 0.482 bits per heavy atom. The third kappa shape index (κ3) is 40.0. The molecule has 0 saturated carbocycles. The van der Waals surface area contributed by atoms with E-state index in [9.17, 15) is 9.59 Å². The van der Waals surface area contributed by atoms with Crippen LogP contribution < -0.4 is 4.72 Å². The average Bonchev–Trinajstić information content (AvgIpc) is 3.19. The van der Waals surface area contributed by atoms with E-state index in [1.807, 2.05) is 11.9 Å². The molecule has 0 heterocycles. The van der Waals surface area contributed by atoms with E-state index >= 15 is 0 Å². The first-order valence-electron chi connectivity index (χ1n) is 24.9. The van der Waals surface area contributed by atoms with Gasteiger partial charge < -0.3 is 14.4 Å². The third-order valence-corrected chi connectivity index (χ3v) is 12.2. The van der Waals surface area contributed by atoms with Crippen molar-refractivity contribution in [3.05, 3.63) is 0 Å². The fourth-order valence-corrected chi connectivity index (χ4v) is 8.29. The van der Waals surface area contributed by atoms with Crippen molar-refractivity contribution in [3.63, 3.8) is 0 Å². The Balaban J connectivity index is 4.32. The summed E-state index contributed by atoms with van der Waals surface area (Å²) in [5.74, 6) is 1.86. The molecule has 0 aromatic carbocycles. The second-order valence-corrected chi connectivity index (χ2v) is 18.1. The Hall–Kier alpha value is -0.790. The number of esters is 2. The molecule has 0 aromatic heterocycles. The second-order valence-electron chi connectivity index (χ2n) is 16.9. The van der Waals surface area contributed by atoms with Crippen molar-refractivity contribution in [2.24, 2.45) is 5.92 Å². The molecule has 0 bridgehead atoms. The molecule has 0 aromatic rings. The molecule has 0 radical (unpaired) electrons. The maximum atomic E-state index is 12.8. The standard InChI is InChI=1S/C49H98N2O4S/c1-6-11-15-17-21-27-36-47(37-28-22-18-16-12-7-2)55-49(53)39-30-24-20-26-32-43-51(44-33-41-50-56-10-5)42-31-25-19-23-29-38-48(52)54-45-40-46(34-13-8-3)35-14-9-4/h46-47,50H,6-45H2,1-5H3. The fraction of sp³-hybridized carbons (Fsp3) is 0.959. The minimum Gasteiger partial charge on any atom is -0.466 e. The van der Waals surface area contributed by atoms with Crippen molar-refractivity contribution >= 4 is 23.9 Å². The highest BCUT2D eigenvalue weighted by molar-refractivity contribution is 7.97. The molecule has 0 atom stereocenters. The molecule has 0 saturated heterocycles. The normalized spacial score (nSPS) is 11.7. The number of hydrogen-bond acceptors (Lipinski definition) is 7. The highest BCUT2D eigenvalue weighted by atomic mass is 32.2. The molecule has 0 aliphatic carbocycles. The molecule has 56 heavy (non-hydrogen) atoms. The molecule has 334 valence electrons. The average molecular weight is 811 g/mol. The zero-order chi connectivity index (χ0) is 41.0. The van der Waals surface area contributed by atoms with Crippen molar-refractivity contribution in [1.29, 1.82) is 0 Å². The summed E-state index contributed by atoms with van der Waals surface area (Å²) in [5, 5.41) is 0. The summed E-state index contributed by atoms with van der Waals surface area (Å²) in [7, 11) is 0. The fourth-order valence-electron chi connectivity index (χ4n) is 7.80. The van der Waals surface area contributed by atoms with Crippen molar-refractivity contribution < 1.29 is 19.1 Å². The van der Waals surface area contributed by atoms with Crippen LogP contribution in [0.25, 0.3) is 0 Å². The van der Waals surface area contributed by atoms with Gasteiger partial charge in [0.15, 0.2) is 0 Å². The van der Waals surface area contributed by atoms with E-state index in [-0.39, 0.29) is 18.0 Å². The van der Waals surface area contributed by atoms with Crippen molar-refractivity contribution in [2.45, 2.75) is 259 Å². The number of carbonyl (C=O) groups is 2. The summed E-state index contributed by atoms with van der Waals surface area (Å²) < 4.78 is 15.2. The molecule has 0 fully saturated rings. The zero-order valence-electron chi connectivity index (χ0n) is 38.4. The summed E-state index contributed by atoms with van der Waals surface area (Å²) in [6, 6.07) is 0. The molecule has 7 heteroatoms. The quantitative estimate of drug-likeness (QED) is 0.0373. The minimum absolute atomic E-state index is 0.00179. The Morgan fingerprint density at radius 2 is 0.929 bits per heavy atom. The van der Waals surface area contributed by atoms with Crippen LogP contribution in [0.2, 0.25) is 0 Å². The minimum atomic E-state index is 0.00179. The van der Waals surface area contributed by atoms with Crippen molar-refractivity contribution in [1.82, 2.24) is 9.62 Å². The zero-order valence-corrected chi connectivity index (χ0v) is 39.2. The molecule has 0 unspecified atom stereocenters. The van der Waals surface area contributed by atoms with Gasteiger partial charge in [0.05, 0.1) is 6.61 Å². The first-order chi connectivity index (χ1) is 27.5. The van der Waals surface area contributed by atoms with Crippen LogP contribution in [0.15, 0.2) is 0 Å². The van der Waals surface area contributed by atoms with Gasteiger partial charge in [-0.25, -0.2) is 0 Å². The molecule has 0 amide bonds. The van der Waals surface area contributed by atoms with Crippen LogP contribution in [0.1, 0.15) is 253 Å². The number of nitrogens with one attached hydrogen (secondary N) is 1. The molecule has 1 N–H and O–H groups in total. The predicted octanol–water partition coefficient (Wildman–Crippen LogP) is 15.0. The van der Waals surface area contributed by atoms with Gasteiger partial charge in [0.1, 0.15) is 6.10 Å². The van der Waals surface area contributed by atoms with Gasteiger partial charge in [-0.1, -0.05) is 188 Å². The third-order valence-electron chi connectivity index (χ3n) is 11.5. The lowest BCUT2D eigenvalue weighted by Crippen LogP contribution is -2.29. The Kier molecular flexibility index (Phi) is 44.7. The number of unbranched alkanes of at least 4 members (excludes halogenated alkanes) is 20. The van der Waals surface area contributed by atoms with Crippen LogP contribution in [0, 0.1) is 5.92 Å². The number of hydrogen-bond donors (Lipinski definition) is 1. The highest BCUT2D eigenvalue weighted by Gasteiger charge is 2.15. The van der Waals surface area contributed by atoms with Gasteiger partial charge in [0, 0.05) is 25.1 Å². The first-order valence-corrected chi connectivity index (χ1v) is 25.9. The molecule has 6 nitrogen and oxygen atoms in total. The summed E-state index contributed by atoms with van der Waals surface area (Å²) in [4.78, 5) is 27.8. The lowest BCUT2D eigenvalue weighted by Gasteiger charge is -2.22. The first kappa shape index (κ1) is 55.2. The van der Waals surface area contributed by atoms with Crippen molar-refractivity contribution in [2.75, 3.05) is 38.5 Å². The maximum Gasteiger partial charge on any atom is 0.306 e. The summed E-state index contributed by atoms with van der Waals surface area (Å²) >= 11 is 1.81. The van der Waals surface area contributed by atoms with Gasteiger partial charge in [-0.3, -0.25) is 14.3 Å². The second kappa shape index (κ2) is 45.3. The monoisotopic (exact) mass is 811 g/mol. The largest absolute Gasteiger partial charge is 0.466 e. The van der Waals surface area contributed by atoms with E-state index < -0.39 is 0 Å². The maximum absolute atomic E-state index is 12.8. The Bertz CT molecular complexity index is 791. The number of nitrogens with zero attached hydrogens (tertiary/aromatic N) is 1. The van der Waals surface area contributed by atoms with Crippen LogP contribution in [0.5, 0.6) is 0 Å². The van der Waals surface area contributed by atoms with Gasteiger partial charge in [-0.2, -0.15) is 0 Å². The van der Waals surface area contributed by atoms with E-state index in [1.165, 1.54) is 174 Å². The molecule has 0 aliphatic heterocycles. The lowest BCUT2D eigenvalue weighted by atomic mass is 9.93. The van der Waals surface area contributed by atoms with Crippen molar-refractivity contribution in [3.8, 4) is 0 Å². The van der Waals surface area contributed by atoms with Crippen LogP contribution in [0.4, 0.5) is 0 Å². The van der Waals surface area contributed by atoms with Gasteiger partial charge in [0.2, 0.25) is 0 Å². The number of ether oxygens (including phenoxy) is 2. The topological polar surface area (TPSA) is 67.9 Å². The summed E-state index contributed by atoms with van der Waals surface area (Å²) in [5.41, 5.74) is 0. The van der Waals surface area contributed by atoms with E-state index in [0.717, 1.165) is 63.8 Å². The Morgan fingerprint density at radius 3 is 1.45 bits per heavy atom. The SMILES string of the molecule is CCCCCCCCC(CCCCCCCC)OC(=O)CCCCCCCN(CCCCCCCC(=O)OCCC(CCCC)CCCC)CCCNSCC. The smallest absolute Gasteiger partial charge is 0.306 e. The van der Waals surface area contributed by atoms with Gasteiger partial charge in [0.25, 0.3) is 0 Å². The molecule has 0 aliphatic rings. The van der Waals surface area contributed by atoms with E-state index in [0.29, 0.717) is 25.4 Å². The number of carbonyl (C=O) groups excluding carboxylic acids is 2. The predicted molar refractivity (Wildman–Crippen MR) is 247 cm³/mol. The van der Waals surface area contributed by atoms with Crippen LogP contribution in [-0.2, 0) is 19.1 Å². The summed E-state index contributed by atoms with van der Waals surface area (Å²) in [6.45, 7) is 16.4. The Labute approximate surface area is 354 Å². The van der Waals surface area contributed by atoms with Crippen LogP contribution >= 0.6 is 11.9 Å². The molecular formula is C49H98N2O4S. The van der Waals surface area contributed by atoms with Crippen LogP contribution in [-0.4, -0.2) is 61.5 Å². The van der Waals surface area contributed by atoms with Gasteiger partial charge in [-0.15, -0.1) is 0 Å².